The van der Waals surface area contributed by atoms with Crippen LogP contribution in [0.25, 0.3) is 0 Å². The van der Waals surface area contributed by atoms with Gasteiger partial charge in [-0.25, -0.2) is 0 Å². The zero-order valence-electron chi connectivity index (χ0n) is 38.8. The van der Waals surface area contributed by atoms with Crippen molar-refractivity contribution >= 4 is 8.32 Å². The van der Waals surface area contributed by atoms with E-state index >= 15 is 0 Å². The summed E-state index contributed by atoms with van der Waals surface area (Å²) in [6, 6.07) is 30.1. The van der Waals surface area contributed by atoms with Crippen molar-refractivity contribution in [1.29, 1.82) is 0 Å². The molecule has 0 aliphatic carbocycles. The van der Waals surface area contributed by atoms with E-state index in [0.717, 1.165) is 16.7 Å². The monoisotopic (exact) mass is 890 g/mol. The first-order chi connectivity index (χ1) is 30.2. The molecule has 63 heavy (non-hydrogen) atoms. The largest absolute Gasteiger partial charge is 0.389 e. The lowest BCUT2D eigenvalue weighted by Gasteiger charge is -2.50. The minimum Gasteiger partial charge on any atom is -0.389 e. The zero-order valence-corrected chi connectivity index (χ0v) is 39.8. The molecule has 0 amide bonds. The first-order valence-electron chi connectivity index (χ1n) is 23.1. The summed E-state index contributed by atoms with van der Waals surface area (Å²) in [6.07, 6.45) is -6.76. The van der Waals surface area contributed by atoms with Gasteiger partial charge in [0.25, 0.3) is 0 Å². The Labute approximate surface area is 375 Å². The van der Waals surface area contributed by atoms with E-state index in [1.54, 1.807) is 0 Å². The summed E-state index contributed by atoms with van der Waals surface area (Å²) < 4.78 is 81.4. The lowest BCUT2D eigenvalue weighted by atomic mass is 9.95. The van der Waals surface area contributed by atoms with Gasteiger partial charge in [-0.3, -0.25) is 0 Å². The second kappa shape index (κ2) is 19.7. The predicted molar refractivity (Wildman–Crippen MR) is 238 cm³/mol. The molecule has 4 unspecified atom stereocenters. The molecule has 13 heteroatoms. The molecule has 5 fully saturated rings. The van der Waals surface area contributed by atoms with Gasteiger partial charge in [-0.2, -0.15) is 0 Å². The van der Waals surface area contributed by atoms with Crippen LogP contribution in [0.1, 0.15) is 92.2 Å². The average molecular weight is 891 g/mol. The van der Waals surface area contributed by atoms with Crippen molar-refractivity contribution in [2.75, 3.05) is 19.8 Å². The molecule has 13 atom stereocenters. The van der Waals surface area contributed by atoms with Crippen molar-refractivity contribution < 1.29 is 56.5 Å². The fraction of sp³-hybridized carbons (Fsp3) is 0.640. The Balaban J connectivity index is 1.05. The molecule has 0 spiro atoms. The molecule has 5 saturated heterocycles. The third-order valence-electron chi connectivity index (χ3n) is 13.5. The number of benzene rings is 3. The van der Waals surface area contributed by atoms with E-state index in [-0.39, 0.29) is 19.1 Å². The van der Waals surface area contributed by atoms with Crippen LogP contribution in [0.15, 0.2) is 91.0 Å². The van der Waals surface area contributed by atoms with Crippen LogP contribution in [0.5, 0.6) is 0 Å². The van der Waals surface area contributed by atoms with Gasteiger partial charge >= 0.3 is 0 Å². The van der Waals surface area contributed by atoms with Gasteiger partial charge in [-0.05, 0) is 48.5 Å². The van der Waals surface area contributed by atoms with Crippen LogP contribution in [0.3, 0.4) is 0 Å². The van der Waals surface area contributed by atoms with E-state index in [4.69, 9.17) is 56.5 Å². The Kier molecular flexibility index (Phi) is 14.7. The van der Waals surface area contributed by atoms with Gasteiger partial charge in [-0.1, -0.05) is 139 Å². The molecule has 5 heterocycles. The minimum atomic E-state index is -2.37. The highest BCUT2D eigenvalue weighted by atomic mass is 28.4. The second-order valence-corrected chi connectivity index (χ2v) is 24.9. The highest BCUT2D eigenvalue weighted by Crippen LogP contribution is 2.49. The van der Waals surface area contributed by atoms with Crippen LogP contribution in [0.2, 0.25) is 16.6 Å². The van der Waals surface area contributed by atoms with Gasteiger partial charge in [0.1, 0.15) is 36.1 Å². The van der Waals surface area contributed by atoms with Crippen molar-refractivity contribution in [2.45, 2.75) is 178 Å². The Bertz CT molecular complexity index is 1860. The highest BCUT2D eigenvalue weighted by Gasteiger charge is 2.62. The van der Waals surface area contributed by atoms with Gasteiger partial charge in [0.15, 0.2) is 30.9 Å². The van der Waals surface area contributed by atoms with Crippen molar-refractivity contribution in [3.05, 3.63) is 108 Å². The van der Waals surface area contributed by atoms with E-state index in [2.05, 4.69) is 48.5 Å². The fourth-order valence-electron chi connectivity index (χ4n) is 10.5. The normalized spacial score (nSPS) is 35.4. The van der Waals surface area contributed by atoms with Gasteiger partial charge in [0, 0.05) is 11.5 Å². The summed E-state index contributed by atoms with van der Waals surface area (Å²) in [6.45, 7) is 23.2. The van der Waals surface area contributed by atoms with Gasteiger partial charge in [0.2, 0.25) is 8.32 Å². The summed E-state index contributed by atoms with van der Waals surface area (Å²) >= 11 is 0. The Morgan fingerprint density at radius 1 is 0.635 bits per heavy atom. The second-order valence-electron chi connectivity index (χ2n) is 19.5. The number of ether oxygens (including phenoxy) is 11. The molecule has 0 bridgehead atoms. The van der Waals surface area contributed by atoms with Gasteiger partial charge < -0.3 is 56.5 Å². The summed E-state index contributed by atoms with van der Waals surface area (Å²) in [7, 11) is -2.37. The molecule has 0 radical (unpaired) electrons. The third-order valence-corrected chi connectivity index (χ3v) is 19.6. The average Bonchev–Trinajstić information content (AvgIpc) is 3.91. The first kappa shape index (κ1) is 46.9. The van der Waals surface area contributed by atoms with Gasteiger partial charge in [-0.15, -0.1) is 0 Å². The summed E-state index contributed by atoms with van der Waals surface area (Å²) in [5.41, 5.74) is 3.15. The van der Waals surface area contributed by atoms with Crippen LogP contribution in [-0.2, 0) is 69.7 Å². The van der Waals surface area contributed by atoms with E-state index in [1.807, 2.05) is 112 Å². The van der Waals surface area contributed by atoms with Crippen molar-refractivity contribution in [3.63, 3.8) is 0 Å². The van der Waals surface area contributed by atoms with Gasteiger partial charge in [0.05, 0.1) is 45.2 Å². The van der Waals surface area contributed by atoms with Crippen LogP contribution in [0, 0.1) is 5.92 Å². The lowest BCUT2D eigenvalue weighted by molar-refractivity contribution is -0.340. The standard InChI is InChI=1S/C50H70O12Si/c1-31(2)63(32(3)4,33(5)6)62-47-43-41(59-49(9,10)60-43)40(35(8)55-47)57-46-42(52-28-37-22-16-12-17-23-37)39(34(7)26-53-46)56-48-44-50(30-54-48,29-51-27-36-20-14-11-15-21-36)61-45(58-44)38-24-18-13-19-25-38/h11-25,31-35,39-48H,26-30H2,1-10H3/t34-,35?,39?,40+,41?,42-,43+,44?,45+,46+,47+,48+,50+/m1/s1. The highest BCUT2D eigenvalue weighted by molar-refractivity contribution is 6.77. The maximum atomic E-state index is 7.25. The topological polar surface area (TPSA) is 111 Å². The van der Waals surface area contributed by atoms with Crippen molar-refractivity contribution in [2.24, 2.45) is 5.92 Å². The third kappa shape index (κ3) is 9.93. The fourth-order valence-corrected chi connectivity index (χ4v) is 16.0. The maximum Gasteiger partial charge on any atom is 0.203 e. The smallest absolute Gasteiger partial charge is 0.203 e. The minimum absolute atomic E-state index is 0.109. The molecule has 0 N–H and O–H groups in total. The van der Waals surface area contributed by atoms with Crippen LogP contribution < -0.4 is 0 Å². The summed E-state index contributed by atoms with van der Waals surface area (Å²) in [5.74, 6) is -0.999. The van der Waals surface area contributed by atoms with Crippen molar-refractivity contribution in [3.8, 4) is 0 Å². The zero-order chi connectivity index (χ0) is 44.5. The van der Waals surface area contributed by atoms with Crippen LogP contribution >= 0.6 is 0 Å². The summed E-state index contributed by atoms with van der Waals surface area (Å²) in [4.78, 5) is 0. The van der Waals surface area contributed by atoms with E-state index in [1.165, 1.54) is 0 Å². The molecule has 0 saturated carbocycles. The molecule has 8 rings (SSSR count). The molecule has 3 aromatic rings. The van der Waals surface area contributed by atoms with E-state index in [0.29, 0.717) is 36.4 Å². The number of hydrogen-bond donors (Lipinski definition) is 0. The molecule has 5 aliphatic rings. The lowest BCUT2D eigenvalue weighted by Crippen LogP contribution is -2.63. The molecule has 12 nitrogen and oxygen atoms in total. The maximum absolute atomic E-state index is 7.25. The van der Waals surface area contributed by atoms with E-state index in [9.17, 15) is 0 Å². The predicted octanol–water partition coefficient (Wildman–Crippen LogP) is 9.22. The number of rotatable bonds is 17. The Hall–Kier alpha value is -2.60. The van der Waals surface area contributed by atoms with E-state index < -0.39 is 87.6 Å². The van der Waals surface area contributed by atoms with Crippen LogP contribution in [0.4, 0.5) is 0 Å². The summed E-state index contributed by atoms with van der Waals surface area (Å²) in [5, 5.41) is 0. The first-order valence-corrected chi connectivity index (χ1v) is 25.2. The van der Waals surface area contributed by atoms with Crippen molar-refractivity contribution in [1.82, 2.24) is 0 Å². The number of fused-ring (bicyclic) bond motifs is 2. The molecular weight excluding hydrogens is 821 g/mol. The quantitative estimate of drug-likeness (QED) is 0.121. The molecular formula is C50H70O12Si. The molecule has 346 valence electrons. The Morgan fingerprint density at radius 3 is 1.86 bits per heavy atom. The van der Waals surface area contributed by atoms with Crippen LogP contribution in [-0.4, -0.2) is 101 Å². The molecule has 5 aliphatic heterocycles. The number of hydrogen-bond acceptors (Lipinski definition) is 12. The molecule has 3 aromatic carbocycles. The molecule has 0 aromatic heterocycles. The Morgan fingerprint density at radius 2 is 1.22 bits per heavy atom. The SMILES string of the molecule is CC1O[C@@H](O[Si](C(C)C)(C(C)C)C(C)C)[C@H]2OC(C)(C)OC2[C@H]1O[C@@H]1OC[C@@H](C)C(O[C@@H]2OC[C@]3(COCc4ccccc4)O[C@@H](c4ccccc4)OC23)[C@H]1OCc1ccccc1.